The van der Waals surface area contributed by atoms with E-state index in [0.29, 0.717) is 25.3 Å². The second-order valence-corrected chi connectivity index (χ2v) is 13.1. The van der Waals surface area contributed by atoms with Crippen LogP contribution in [0.4, 0.5) is 27.8 Å². The van der Waals surface area contributed by atoms with Gasteiger partial charge in [0, 0.05) is 38.0 Å². The summed E-state index contributed by atoms with van der Waals surface area (Å²) >= 11 is 5.97. The van der Waals surface area contributed by atoms with Crippen molar-refractivity contribution in [1.82, 2.24) is 25.2 Å². The summed E-state index contributed by atoms with van der Waals surface area (Å²) in [7, 11) is 0. The number of aliphatic hydroxyl groups excluding tert-OH is 1. The number of rotatable bonds is 4. The van der Waals surface area contributed by atoms with E-state index in [-0.39, 0.29) is 54.1 Å². The van der Waals surface area contributed by atoms with Crippen molar-refractivity contribution >= 4 is 33.9 Å². The predicted octanol–water partition coefficient (Wildman–Crippen LogP) is 4.02. The highest BCUT2D eigenvalue weighted by Gasteiger charge is 2.50. The number of anilines is 1. The van der Waals surface area contributed by atoms with Crippen LogP contribution >= 0.6 is 11.6 Å². The van der Waals surface area contributed by atoms with Crippen molar-refractivity contribution < 1.29 is 36.5 Å². The standard InChI is InChI=1S/C29H30ClF5N6O3/c30-17-7-15(42)6-16(21(17)29(33,34)35)23-22(32)24-20-25(41-10-14-2-3-18(36-14)19(41)11-43-26(20)37-23)39-27(38-24)44-12-28-4-1-5-40(28)9-13(31)8-28/h7,13-15,18-19,36,42H,1-6,8-12H2/t13-,14?,15?,18?,19?,28+/m1/s1. The molecule has 2 bridgehead atoms. The van der Waals surface area contributed by atoms with Crippen molar-refractivity contribution in [1.29, 1.82) is 0 Å². The lowest BCUT2D eigenvalue weighted by Crippen LogP contribution is -2.60. The average molecular weight is 641 g/mol. The first-order valence-electron chi connectivity index (χ1n) is 15.0. The number of hydrogen-bond acceptors (Lipinski definition) is 9. The van der Waals surface area contributed by atoms with E-state index in [1.165, 1.54) is 0 Å². The summed E-state index contributed by atoms with van der Waals surface area (Å²) < 4.78 is 85.9. The third-order valence-electron chi connectivity index (χ3n) is 10.0. The molecule has 0 radical (unpaired) electrons. The van der Waals surface area contributed by atoms with Crippen LogP contribution in [-0.2, 0) is 0 Å². The van der Waals surface area contributed by atoms with Crippen LogP contribution < -0.4 is 19.7 Å². The van der Waals surface area contributed by atoms with E-state index in [9.17, 15) is 22.7 Å². The van der Waals surface area contributed by atoms with Crippen LogP contribution in [0.15, 0.2) is 16.7 Å². The maximum absolute atomic E-state index is 16.6. The van der Waals surface area contributed by atoms with Crippen molar-refractivity contribution in [2.75, 3.05) is 37.7 Å². The lowest BCUT2D eigenvalue weighted by molar-refractivity contribution is -0.0886. The van der Waals surface area contributed by atoms with Crippen LogP contribution in [0.25, 0.3) is 16.5 Å². The Kier molecular flexibility index (Phi) is 6.57. The summed E-state index contributed by atoms with van der Waals surface area (Å²) in [6.07, 6.45) is -3.21. The van der Waals surface area contributed by atoms with Gasteiger partial charge >= 0.3 is 12.2 Å². The normalized spacial score (nSPS) is 33.3. The van der Waals surface area contributed by atoms with E-state index < -0.39 is 58.1 Å². The van der Waals surface area contributed by atoms with E-state index >= 15 is 4.39 Å². The molecule has 0 aromatic carbocycles. The summed E-state index contributed by atoms with van der Waals surface area (Å²) in [6.45, 7) is 1.85. The lowest BCUT2D eigenvalue weighted by Gasteiger charge is -2.40. The van der Waals surface area contributed by atoms with E-state index in [2.05, 4.69) is 20.2 Å². The topological polar surface area (TPSA) is 95.9 Å². The molecule has 9 nitrogen and oxygen atoms in total. The molecule has 236 valence electrons. The third-order valence-corrected chi connectivity index (χ3v) is 10.3. The Morgan fingerprint density at radius 3 is 2.86 bits per heavy atom. The van der Waals surface area contributed by atoms with Gasteiger partial charge in [-0.25, -0.2) is 13.8 Å². The number of fused-ring (bicyclic) bond motifs is 6. The van der Waals surface area contributed by atoms with Crippen molar-refractivity contribution in [3.8, 4) is 11.9 Å². The minimum Gasteiger partial charge on any atom is -0.475 e. The molecule has 4 fully saturated rings. The van der Waals surface area contributed by atoms with Gasteiger partial charge in [0.1, 0.15) is 41.8 Å². The van der Waals surface area contributed by atoms with Crippen molar-refractivity contribution in [2.45, 2.75) is 80.6 Å². The van der Waals surface area contributed by atoms with Crippen LogP contribution in [0.5, 0.6) is 11.9 Å². The Hall–Kier alpha value is -2.81. The summed E-state index contributed by atoms with van der Waals surface area (Å²) in [6, 6.07) is -0.126. The number of pyridine rings is 1. The van der Waals surface area contributed by atoms with Gasteiger partial charge < -0.3 is 24.8 Å². The van der Waals surface area contributed by atoms with Gasteiger partial charge in [-0.1, -0.05) is 11.6 Å². The molecule has 8 rings (SSSR count). The van der Waals surface area contributed by atoms with Gasteiger partial charge in [0.15, 0.2) is 5.82 Å². The predicted molar refractivity (Wildman–Crippen MR) is 150 cm³/mol. The van der Waals surface area contributed by atoms with E-state index in [1.54, 1.807) is 0 Å². The van der Waals surface area contributed by atoms with Crippen LogP contribution in [0.1, 0.15) is 44.2 Å². The molecular formula is C29H30ClF5N6O3. The van der Waals surface area contributed by atoms with Gasteiger partial charge in [0.2, 0.25) is 5.88 Å². The van der Waals surface area contributed by atoms with Crippen molar-refractivity contribution in [2.24, 2.45) is 0 Å². The van der Waals surface area contributed by atoms with Crippen LogP contribution in [0.2, 0.25) is 0 Å². The zero-order chi connectivity index (χ0) is 30.5. The highest BCUT2D eigenvalue weighted by Crippen LogP contribution is 2.47. The number of aromatic nitrogens is 3. The van der Waals surface area contributed by atoms with Crippen LogP contribution in [0.3, 0.4) is 0 Å². The smallest absolute Gasteiger partial charge is 0.418 e. The summed E-state index contributed by atoms with van der Waals surface area (Å²) in [5, 5.41) is 13.3. The first kappa shape index (κ1) is 28.6. The molecule has 0 spiro atoms. The quantitative estimate of drug-likeness (QED) is 0.481. The molecule has 6 atom stereocenters. The Morgan fingerprint density at radius 1 is 1.20 bits per heavy atom. The van der Waals surface area contributed by atoms with Gasteiger partial charge in [-0.05, 0) is 43.9 Å². The number of allylic oxidation sites excluding steroid dienone is 2. The molecule has 5 aliphatic heterocycles. The molecule has 7 heterocycles. The fraction of sp³-hybridized carbons (Fsp3) is 0.621. The van der Waals surface area contributed by atoms with Crippen LogP contribution in [-0.4, -0.2) is 99.9 Å². The van der Waals surface area contributed by atoms with Crippen molar-refractivity contribution in [3.05, 3.63) is 28.2 Å². The van der Waals surface area contributed by atoms with Gasteiger partial charge in [-0.15, -0.1) is 0 Å². The van der Waals surface area contributed by atoms with Gasteiger partial charge in [-0.2, -0.15) is 23.1 Å². The molecule has 0 saturated carbocycles. The maximum atomic E-state index is 16.6. The number of aliphatic hydroxyl groups is 1. The van der Waals surface area contributed by atoms with Crippen molar-refractivity contribution in [3.63, 3.8) is 0 Å². The van der Waals surface area contributed by atoms with Gasteiger partial charge in [0.05, 0.1) is 28.3 Å². The van der Waals surface area contributed by atoms with Crippen LogP contribution in [0, 0.1) is 5.82 Å². The monoisotopic (exact) mass is 640 g/mol. The van der Waals surface area contributed by atoms with E-state index in [4.69, 9.17) is 26.1 Å². The average Bonchev–Trinajstić information content (AvgIpc) is 3.59. The molecule has 4 saturated heterocycles. The second kappa shape index (κ2) is 10.1. The molecular weight excluding hydrogens is 611 g/mol. The molecule has 2 aromatic heterocycles. The number of nitrogens with one attached hydrogen (secondary N) is 1. The Balaban J connectivity index is 1.30. The largest absolute Gasteiger partial charge is 0.475 e. The Bertz CT molecular complexity index is 1610. The number of piperazine rings is 1. The minimum atomic E-state index is -4.94. The minimum absolute atomic E-state index is 0.0599. The number of hydrogen-bond donors (Lipinski definition) is 2. The summed E-state index contributed by atoms with van der Waals surface area (Å²) in [5.41, 5.74) is -3.35. The van der Waals surface area contributed by atoms with Gasteiger partial charge in [-0.3, -0.25) is 4.90 Å². The fourth-order valence-corrected chi connectivity index (χ4v) is 8.48. The Labute approximate surface area is 254 Å². The Morgan fingerprint density at radius 2 is 2.05 bits per heavy atom. The lowest BCUT2D eigenvalue weighted by atomic mass is 9.91. The third kappa shape index (κ3) is 4.46. The highest BCUT2D eigenvalue weighted by atomic mass is 35.5. The first-order valence-corrected chi connectivity index (χ1v) is 15.3. The number of ether oxygens (including phenoxy) is 2. The fourth-order valence-electron chi connectivity index (χ4n) is 8.12. The molecule has 0 amide bonds. The number of alkyl halides is 4. The molecule has 1 aliphatic carbocycles. The summed E-state index contributed by atoms with van der Waals surface area (Å²) in [5.74, 6) is -0.895. The summed E-state index contributed by atoms with van der Waals surface area (Å²) in [4.78, 5) is 17.5. The van der Waals surface area contributed by atoms with Gasteiger partial charge in [0.25, 0.3) is 0 Å². The molecule has 2 aromatic rings. The molecule has 44 heavy (non-hydrogen) atoms. The molecule has 6 aliphatic rings. The number of halogens is 6. The zero-order valence-electron chi connectivity index (χ0n) is 23.5. The van der Waals surface area contributed by atoms with E-state index in [1.807, 2.05) is 4.90 Å². The first-order chi connectivity index (χ1) is 21.0. The highest BCUT2D eigenvalue weighted by molar-refractivity contribution is 6.33. The molecule has 2 N–H and O–H groups in total. The van der Waals surface area contributed by atoms with E-state index in [0.717, 1.165) is 38.3 Å². The SMILES string of the molecule is OC1C=C(Cl)C(C(F)(F)F)=C(c2nc3c4c(nc(OC[C@@]56CCCN5C[C@H](F)C6)nc4c2F)N2CC4CCC(N4)C2CO3)C1. The molecule has 4 unspecified atom stereocenters. The number of nitrogens with zero attached hydrogens (tertiary/aromatic N) is 5. The maximum Gasteiger partial charge on any atom is 0.418 e. The second-order valence-electron chi connectivity index (χ2n) is 12.7. The molecule has 15 heteroatoms. The zero-order valence-corrected chi connectivity index (χ0v) is 24.3.